The highest BCUT2D eigenvalue weighted by atomic mass is 16.6. The van der Waals surface area contributed by atoms with Crippen molar-refractivity contribution in [3.8, 4) is 0 Å². The van der Waals surface area contributed by atoms with E-state index in [4.69, 9.17) is 4.74 Å². The summed E-state index contributed by atoms with van der Waals surface area (Å²) in [6.45, 7) is 6.25. The number of methoxy groups -OCH3 is 1. The molecule has 130 valence electrons. The van der Waals surface area contributed by atoms with Gasteiger partial charge in [-0.05, 0) is 33.6 Å². The van der Waals surface area contributed by atoms with Gasteiger partial charge in [0.15, 0.2) is 0 Å². The molecule has 0 unspecified atom stereocenters. The monoisotopic (exact) mass is 315 g/mol. The van der Waals surface area contributed by atoms with E-state index in [0.717, 1.165) is 25.7 Å². The summed E-state index contributed by atoms with van der Waals surface area (Å²) < 4.78 is 9.76. The topological polar surface area (TPSA) is 64.6 Å². The van der Waals surface area contributed by atoms with Crippen LogP contribution >= 0.6 is 0 Å². The van der Waals surface area contributed by atoms with E-state index in [9.17, 15) is 9.59 Å². The molecule has 0 fully saturated rings. The van der Waals surface area contributed by atoms with Crippen LogP contribution in [0.1, 0.15) is 78.6 Å². The molecule has 0 aromatic rings. The third kappa shape index (κ3) is 15.1. The molecule has 0 aliphatic heterocycles. The first-order valence-corrected chi connectivity index (χ1v) is 8.39. The number of unbranched alkanes of at least 4 members (excludes halogenated alkanes) is 7. The molecule has 0 bridgehead atoms. The number of carbonyl (C=O) groups is 2. The Balaban J connectivity index is 3.24. The van der Waals surface area contributed by atoms with Crippen molar-refractivity contribution in [1.82, 2.24) is 5.32 Å². The summed E-state index contributed by atoms with van der Waals surface area (Å²) in [4.78, 5) is 22.3. The van der Waals surface area contributed by atoms with E-state index >= 15 is 0 Å². The molecule has 0 aliphatic rings. The molecular weight excluding hydrogens is 282 g/mol. The number of ether oxygens (including phenoxy) is 2. The summed E-state index contributed by atoms with van der Waals surface area (Å²) in [5.41, 5.74) is -0.433. The Hall–Kier alpha value is -1.26. The van der Waals surface area contributed by atoms with Crippen LogP contribution in [0.3, 0.4) is 0 Å². The van der Waals surface area contributed by atoms with Gasteiger partial charge in [-0.3, -0.25) is 4.79 Å². The molecule has 5 heteroatoms. The minimum Gasteiger partial charge on any atom is -0.469 e. The number of esters is 1. The van der Waals surface area contributed by atoms with E-state index in [2.05, 4.69) is 10.1 Å². The SMILES string of the molecule is COC(=O)CCCCCCCCCCNC(=O)OC(C)(C)C. The molecule has 0 atom stereocenters. The Kier molecular flexibility index (Phi) is 11.6. The number of hydrogen-bond donors (Lipinski definition) is 1. The third-order valence-electron chi connectivity index (χ3n) is 3.20. The van der Waals surface area contributed by atoms with E-state index in [1.165, 1.54) is 32.8 Å². The second kappa shape index (κ2) is 12.3. The summed E-state index contributed by atoms with van der Waals surface area (Å²) in [6, 6.07) is 0. The lowest BCUT2D eigenvalue weighted by Gasteiger charge is -2.19. The number of nitrogens with one attached hydrogen (secondary N) is 1. The average molecular weight is 315 g/mol. The summed E-state index contributed by atoms with van der Waals surface area (Å²) >= 11 is 0. The van der Waals surface area contributed by atoms with E-state index in [0.29, 0.717) is 13.0 Å². The van der Waals surface area contributed by atoms with Crippen LogP contribution < -0.4 is 5.32 Å². The van der Waals surface area contributed by atoms with Crippen LogP contribution in [-0.4, -0.2) is 31.3 Å². The molecule has 0 aromatic carbocycles. The van der Waals surface area contributed by atoms with Gasteiger partial charge < -0.3 is 14.8 Å². The van der Waals surface area contributed by atoms with Crippen LogP contribution in [0.4, 0.5) is 4.79 Å². The van der Waals surface area contributed by atoms with Crippen molar-refractivity contribution in [3.05, 3.63) is 0 Å². The molecule has 0 saturated heterocycles. The highest BCUT2D eigenvalue weighted by Crippen LogP contribution is 2.10. The van der Waals surface area contributed by atoms with E-state index in [1.54, 1.807) is 0 Å². The van der Waals surface area contributed by atoms with E-state index in [-0.39, 0.29) is 12.1 Å². The Labute approximate surface area is 135 Å². The molecule has 1 amide bonds. The fraction of sp³-hybridized carbons (Fsp3) is 0.882. The minimum atomic E-state index is -0.433. The first-order valence-electron chi connectivity index (χ1n) is 8.39. The second-order valence-corrected chi connectivity index (χ2v) is 6.58. The molecule has 0 aliphatic carbocycles. The quantitative estimate of drug-likeness (QED) is 0.458. The van der Waals surface area contributed by atoms with Crippen molar-refractivity contribution in [3.63, 3.8) is 0 Å². The molecule has 0 radical (unpaired) electrons. The standard InChI is InChI=1S/C17H33NO4/c1-17(2,3)22-16(20)18-14-12-10-8-6-5-7-9-11-13-15(19)21-4/h5-14H2,1-4H3,(H,18,20). The fourth-order valence-electron chi connectivity index (χ4n) is 2.06. The molecule has 0 spiro atoms. The van der Waals surface area contributed by atoms with Crippen molar-refractivity contribution in [2.24, 2.45) is 0 Å². The van der Waals surface area contributed by atoms with Gasteiger partial charge in [-0.15, -0.1) is 0 Å². The van der Waals surface area contributed by atoms with Gasteiger partial charge in [0, 0.05) is 13.0 Å². The molecule has 1 N–H and O–H groups in total. The third-order valence-corrected chi connectivity index (χ3v) is 3.20. The molecule has 0 saturated carbocycles. The number of rotatable bonds is 11. The highest BCUT2D eigenvalue weighted by Gasteiger charge is 2.15. The van der Waals surface area contributed by atoms with Gasteiger partial charge in [-0.1, -0.05) is 38.5 Å². The molecule has 5 nitrogen and oxygen atoms in total. The maximum Gasteiger partial charge on any atom is 0.407 e. The maximum absolute atomic E-state index is 11.4. The van der Waals surface area contributed by atoms with Gasteiger partial charge in [0.2, 0.25) is 0 Å². The number of alkyl carbamates (subject to hydrolysis) is 1. The highest BCUT2D eigenvalue weighted by molar-refractivity contribution is 5.69. The molecule has 0 heterocycles. The Morgan fingerprint density at radius 2 is 1.36 bits per heavy atom. The molecule has 0 aromatic heterocycles. The predicted octanol–water partition coefficient (Wildman–Crippen LogP) is 4.20. The largest absolute Gasteiger partial charge is 0.469 e. The normalized spacial score (nSPS) is 11.1. The summed E-state index contributed by atoms with van der Waals surface area (Å²) in [6.07, 6.45) is 9.11. The van der Waals surface area contributed by atoms with Crippen LogP contribution in [0.25, 0.3) is 0 Å². The maximum atomic E-state index is 11.4. The summed E-state index contributed by atoms with van der Waals surface area (Å²) in [7, 11) is 1.43. The Morgan fingerprint density at radius 1 is 0.864 bits per heavy atom. The fourth-order valence-corrected chi connectivity index (χ4v) is 2.06. The summed E-state index contributed by atoms with van der Waals surface area (Å²) in [5, 5.41) is 2.77. The van der Waals surface area contributed by atoms with Gasteiger partial charge in [0.25, 0.3) is 0 Å². The Bertz CT molecular complexity index is 310. The molecular formula is C17H33NO4. The van der Waals surface area contributed by atoms with Gasteiger partial charge in [-0.2, -0.15) is 0 Å². The van der Waals surface area contributed by atoms with Crippen LogP contribution in [0.15, 0.2) is 0 Å². The van der Waals surface area contributed by atoms with Crippen LogP contribution in [0, 0.1) is 0 Å². The van der Waals surface area contributed by atoms with Crippen molar-refractivity contribution in [2.75, 3.05) is 13.7 Å². The van der Waals surface area contributed by atoms with Crippen molar-refractivity contribution < 1.29 is 19.1 Å². The lowest BCUT2D eigenvalue weighted by Crippen LogP contribution is -2.32. The average Bonchev–Trinajstić information content (AvgIpc) is 2.42. The van der Waals surface area contributed by atoms with Crippen molar-refractivity contribution >= 4 is 12.1 Å². The van der Waals surface area contributed by atoms with Gasteiger partial charge in [0.1, 0.15) is 5.60 Å². The van der Waals surface area contributed by atoms with E-state index in [1.807, 2.05) is 20.8 Å². The number of amides is 1. The lowest BCUT2D eigenvalue weighted by molar-refractivity contribution is -0.140. The first-order chi connectivity index (χ1) is 10.3. The van der Waals surface area contributed by atoms with Crippen LogP contribution in [0.5, 0.6) is 0 Å². The number of carbonyl (C=O) groups excluding carboxylic acids is 2. The van der Waals surface area contributed by atoms with Crippen molar-refractivity contribution in [1.29, 1.82) is 0 Å². The van der Waals surface area contributed by atoms with Crippen molar-refractivity contribution in [2.45, 2.75) is 84.2 Å². The second-order valence-electron chi connectivity index (χ2n) is 6.58. The predicted molar refractivity (Wildman–Crippen MR) is 87.8 cm³/mol. The Morgan fingerprint density at radius 3 is 1.86 bits per heavy atom. The smallest absolute Gasteiger partial charge is 0.407 e. The molecule has 0 rings (SSSR count). The van der Waals surface area contributed by atoms with Gasteiger partial charge >= 0.3 is 12.1 Å². The summed E-state index contributed by atoms with van der Waals surface area (Å²) in [5.74, 6) is -0.113. The minimum absolute atomic E-state index is 0.113. The van der Waals surface area contributed by atoms with Gasteiger partial charge in [0.05, 0.1) is 7.11 Å². The van der Waals surface area contributed by atoms with E-state index < -0.39 is 5.60 Å². The number of hydrogen-bond acceptors (Lipinski definition) is 4. The van der Waals surface area contributed by atoms with Crippen LogP contribution in [-0.2, 0) is 14.3 Å². The zero-order valence-electron chi connectivity index (χ0n) is 14.7. The first kappa shape index (κ1) is 20.7. The lowest BCUT2D eigenvalue weighted by atomic mass is 10.1. The molecule has 22 heavy (non-hydrogen) atoms. The van der Waals surface area contributed by atoms with Crippen LogP contribution in [0.2, 0.25) is 0 Å². The zero-order chi connectivity index (χ0) is 16.8. The van der Waals surface area contributed by atoms with Gasteiger partial charge in [-0.25, -0.2) is 4.79 Å². The zero-order valence-corrected chi connectivity index (χ0v) is 14.7.